The summed E-state index contributed by atoms with van der Waals surface area (Å²) in [6.07, 6.45) is 1.16. The van der Waals surface area contributed by atoms with Crippen molar-refractivity contribution in [3.05, 3.63) is 33.9 Å². The van der Waals surface area contributed by atoms with Crippen LogP contribution in [0.2, 0.25) is 0 Å². The van der Waals surface area contributed by atoms with Crippen LogP contribution in [0, 0.1) is 28.9 Å². The highest BCUT2D eigenvalue weighted by Gasteiger charge is 2.31. The number of hydrogen-bond acceptors (Lipinski definition) is 4. The molecule has 0 unspecified atom stereocenters. The molecule has 0 bridgehead atoms. The van der Waals surface area contributed by atoms with Crippen molar-refractivity contribution in [2.75, 3.05) is 12.3 Å². The largest absolute Gasteiger partial charge is 0.347 e. The Morgan fingerprint density at radius 3 is 2.58 bits per heavy atom. The summed E-state index contributed by atoms with van der Waals surface area (Å²) in [4.78, 5) is 17.8. The summed E-state index contributed by atoms with van der Waals surface area (Å²) in [6, 6.07) is 5.40. The van der Waals surface area contributed by atoms with Crippen molar-refractivity contribution in [1.29, 1.82) is 0 Å². The lowest BCUT2D eigenvalue weighted by molar-refractivity contribution is -0.384. The number of nitro groups is 1. The lowest BCUT2D eigenvalue weighted by Gasteiger charge is -2.28. The Morgan fingerprint density at radius 2 is 2.04 bits per heavy atom. The van der Waals surface area contributed by atoms with Gasteiger partial charge in [-0.15, -0.1) is 0 Å². The van der Waals surface area contributed by atoms with E-state index in [1.807, 2.05) is 6.92 Å². The molecule has 1 heterocycles. The minimum atomic E-state index is -0.363. The van der Waals surface area contributed by atoms with Crippen LogP contribution < -0.4 is 0 Å². The second-order valence-electron chi connectivity index (χ2n) is 7.26. The minimum absolute atomic E-state index is 0.118. The summed E-state index contributed by atoms with van der Waals surface area (Å²) >= 11 is 1.80. The maximum atomic E-state index is 10.9. The Labute approximate surface area is 148 Å². The molecule has 6 heteroatoms. The number of benzene rings is 1. The van der Waals surface area contributed by atoms with E-state index in [9.17, 15) is 10.1 Å². The van der Waals surface area contributed by atoms with Gasteiger partial charge in [-0.2, -0.15) is 0 Å². The van der Waals surface area contributed by atoms with Gasteiger partial charge in [-0.05, 0) is 36.8 Å². The predicted octanol–water partition coefficient (Wildman–Crippen LogP) is 5.01. The van der Waals surface area contributed by atoms with Gasteiger partial charge < -0.3 is 4.90 Å². The number of aliphatic imine (C=N–C) groups is 1. The summed E-state index contributed by atoms with van der Waals surface area (Å²) in [5, 5.41) is 11.9. The van der Waals surface area contributed by atoms with Crippen molar-refractivity contribution in [1.82, 2.24) is 4.90 Å². The second kappa shape index (κ2) is 8.01. The van der Waals surface area contributed by atoms with E-state index >= 15 is 0 Å². The van der Waals surface area contributed by atoms with Crippen molar-refractivity contribution in [3.8, 4) is 0 Å². The molecule has 0 spiro atoms. The zero-order valence-electron chi connectivity index (χ0n) is 15.2. The molecule has 1 aliphatic heterocycles. The molecule has 5 nitrogen and oxygen atoms in total. The smallest absolute Gasteiger partial charge is 0.269 e. The van der Waals surface area contributed by atoms with Gasteiger partial charge in [0, 0.05) is 30.5 Å². The number of nitro benzene ring substituents is 1. The van der Waals surface area contributed by atoms with Crippen molar-refractivity contribution in [3.63, 3.8) is 0 Å². The van der Waals surface area contributed by atoms with Crippen molar-refractivity contribution < 1.29 is 4.92 Å². The van der Waals surface area contributed by atoms with Gasteiger partial charge in [0.05, 0.1) is 10.6 Å². The number of nitrogens with zero attached hydrogens (tertiary/aromatic N) is 3. The van der Waals surface area contributed by atoms with E-state index in [0.29, 0.717) is 17.9 Å². The normalized spacial score (nSPS) is 19.7. The third-order valence-electron chi connectivity index (χ3n) is 4.00. The molecule has 0 saturated carbocycles. The molecule has 2 rings (SSSR count). The van der Waals surface area contributed by atoms with E-state index in [4.69, 9.17) is 4.99 Å². The highest BCUT2D eigenvalue weighted by atomic mass is 32.2. The highest BCUT2D eigenvalue weighted by molar-refractivity contribution is 8.14. The average Bonchev–Trinajstić information content (AvgIpc) is 2.82. The van der Waals surface area contributed by atoms with Gasteiger partial charge in [0.25, 0.3) is 5.69 Å². The van der Waals surface area contributed by atoms with Gasteiger partial charge >= 0.3 is 0 Å². The number of rotatable bonds is 6. The van der Waals surface area contributed by atoms with E-state index in [1.54, 1.807) is 23.9 Å². The highest BCUT2D eigenvalue weighted by Crippen LogP contribution is 2.32. The Hall–Kier alpha value is -1.56. The molecule has 1 aromatic rings. The third-order valence-corrected chi connectivity index (χ3v) is 5.14. The standard InChI is InChI=1S/C18H27N3O2S/c1-12(2)8-16-11-24-18(20(16)10-13(3)4)19-17-7-6-15(21(22)23)9-14(17)5/h6-7,9,12-13,16H,8,10-11H2,1-5H3/t16-/m1/s1. The van der Waals surface area contributed by atoms with Crippen molar-refractivity contribution in [2.24, 2.45) is 16.8 Å². The summed E-state index contributed by atoms with van der Waals surface area (Å²) < 4.78 is 0. The van der Waals surface area contributed by atoms with Crippen LogP contribution in [0.15, 0.2) is 23.2 Å². The fourth-order valence-electron chi connectivity index (χ4n) is 2.94. The zero-order chi connectivity index (χ0) is 17.9. The first kappa shape index (κ1) is 18.8. The Balaban J connectivity index is 2.28. The molecule has 132 valence electrons. The van der Waals surface area contributed by atoms with E-state index in [0.717, 1.165) is 35.1 Å². The van der Waals surface area contributed by atoms with Gasteiger partial charge in [-0.3, -0.25) is 10.1 Å². The predicted molar refractivity (Wildman–Crippen MR) is 102 cm³/mol. The number of thioether (sulfide) groups is 1. The van der Waals surface area contributed by atoms with Gasteiger partial charge in [0.1, 0.15) is 0 Å². The number of amidine groups is 1. The molecule has 24 heavy (non-hydrogen) atoms. The number of hydrogen-bond donors (Lipinski definition) is 0. The molecule has 1 atom stereocenters. The first-order valence-corrected chi connectivity index (χ1v) is 9.49. The van der Waals surface area contributed by atoms with Gasteiger partial charge in [-0.1, -0.05) is 39.5 Å². The van der Waals surface area contributed by atoms with Crippen LogP contribution in [0.3, 0.4) is 0 Å². The molecule has 0 radical (unpaired) electrons. The SMILES string of the molecule is Cc1cc([N+](=O)[O-])ccc1N=C1SC[C@@H](CC(C)C)N1CC(C)C. The molecular formula is C18H27N3O2S. The Morgan fingerprint density at radius 1 is 1.33 bits per heavy atom. The first-order chi connectivity index (χ1) is 11.3. The number of non-ortho nitro benzene ring substituents is 1. The Kier molecular flexibility index (Phi) is 6.27. The van der Waals surface area contributed by atoms with Crippen LogP contribution in [-0.4, -0.2) is 33.3 Å². The summed E-state index contributed by atoms with van der Waals surface area (Å²) in [5.41, 5.74) is 1.78. The molecule has 0 amide bonds. The Bertz CT molecular complexity index is 629. The van der Waals surface area contributed by atoms with Crippen LogP contribution in [0.5, 0.6) is 0 Å². The summed E-state index contributed by atoms with van der Waals surface area (Å²) in [5.74, 6) is 2.29. The van der Waals surface area contributed by atoms with Gasteiger partial charge in [0.2, 0.25) is 0 Å². The van der Waals surface area contributed by atoms with Crippen LogP contribution in [0.4, 0.5) is 11.4 Å². The maximum absolute atomic E-state index is 10.9. The van der Waals surface area contributed by atoms with Crippen LogP contribution in [0.1, 0.15) is 39.7 Å². The third kappa shape index (κ3) is 4.72. The summed E-state index contributed by atoms with van der Waals surface area (Å²) in [7, 11) is 0. The fraction of sp³-hybridized carbons (Fsp3) is 0.611. The van der Waals surface area contributed by atoms with Crippen molar-refractivity contribution in [2.45, 2.75) is 47.1 Å². The molecule has 1 aromatic carbocycles. The van der Waals surface area contributed by atoms with Gasteiger partial charge in [0.15, 0.2) is 5.17 Å². The minimum Gasteiger partial charge on any atom is -0.347 e. The molecule has 0 aliphatic carbocycles. The topological polar surface area (TPSA) is 58.7 Å². The van der Waals surface area contributed by atoms with E-state index in [-0.39, 0.29) is 10.6 Å². The monoisotopic (exact) mass is 349 g/mol. The van der Waals surface area contributed by atoms with Crippen molar-refractivity contribution >= 4 is 28.3 Å². The summed E-state index contributed by atoms with van der Waals surface area (Å²) in [6.45, 7) is 11.8. The lowest BCUT2D eigenvalue weighted by Crippen LogP contribution is -2.37. The molecule has 1 saturated heterocycles. The molecule has 1 aliphatic rings. The van der Waals surface area contributed by atoms with E-state index in [1.165, 1.54) is 6.07 Å². The maximum Gasteiger partial charge on any atom is 0.269 e. The lowest BCUT2D eigenvalue weighted by atomic mass is 10.0. The molecule has 0 N–H and O–H groups in total. The van der Waals surface area contributed by atoms with Crippen LogP contribution in [-0.2, 0) is 0 Å². The van der Waals surface area contributed by atoms with E-state index in [2.05, 4.69) is 32.6 Å². The van der Waals surface area contributed by atoms with Crippen LogP contribution in [0.25, 0.3) is 0 Å². The number of aryl methyl sites for hydroxylation is 1. The van der Waals surface area contributed by atoms with Crippen LogP contribution >= 0.6 is 11.8 Å². The zero-order valence-corrected chi connectivity index (χ0v) is 16.0. The molecule has 0 aromatic heterocycles. The second-order valence-corrected chi connectivity index (χ2v) is 8.25. The van der Waals surface area contributed by atoms with Gasteiger partial charge in [-0.25, -0.2) is 4.99 Å². The molecule has 1 fully saturated rings. The van der Waals surface area contributed by atoms with E-state index < -0.39 is 0 Å². The quantitative estimate of drug-likeness (QED) is 0.535. The molecular weight excluding hydrogens is 322 g/mol. The first-order valence-electron chi connectivity index (χ1n) is 8.51. The fourth-order valence-corrected chi connectivity index (χ4v) is 4.15. The average molecular weight is 350 g/mol.